The van der Waals surface area contributed by atoms with Crippen LogP contribution in [-0.2, 0) is 0 Å². The molecule has 0 unspecified atom stereocenters. The summed E-state index contributed by atoms with van der Waals surface area (Å²) in [4.78, 5) is 4.35. The van der Waals surface area contributed by atoms with Crippen LogP contribution in [0.3, 0.4) is 0 Å². The van der Waals surface area contributed by atoms with Crippen molar-refractivity contribution in [3.05, 3.63) is 5.82 Å². The van der Waals surface area contributed by atoms with E-state index >= 15 is 0 Å². The van der Waals surface area contributed by atoms with E-state index in [4.69, 9.17) is 0 Å². The lowest BCUT2D eigenvalue weighted by molar-refractivity contribution is 0.375. The van der Waals surface area contributed by atoms with Crippen molar-refractivity contribution in [1.29, 1.82) is 0 Å². The van der Waals surface area contributed by atoms with Gasteiger partial charge in [0.15, 0.2) is 4.34 Å². The lowest BCUT2D eigenvalue weighted by Crippen LogP contribution is -2.31. The van der Waals surface area contributed by atoms with E-state index in [1.165, 1.54) is 50.1 Å². The number of aromatic nitrogens is 2. The van der Waals surface area contributed by atoms with Gasteiger partial charge < -0.3 is 5.32 Å². The van der Waals surface area contributed by atoms with Crippen LogP contribution in [0.1, 0.15) is 44.3 Å². The highest BCUT2D eigenvalue weighted by molar-refractivity contribution is 8.00. The van der Waals surface area contributed by atoms with Crippen molar-refractivity contribution in [3.8, 4) is 0 Å². The topological polar surface area (TPSA) is 37.8 Å². The van der Waals surface area contributed by atoms with Gasteiger partial charge in [0.1, 0.15) is 5.82 Å². The van der Waals surface area contributed by atoms with Gasteiger partial charge in [-0.3, -0.25) is 0 Å². The largest absolute Gasteiger partial charge is 0.314 e. The van der Waals surface area contributed by atoms with Gasteiger partial charge in [0.2, 0.25) is 0 Å². The molecule has 17 heavy (non-hydrogen) atoms. The predicted octanol–water partition coefficient (Wildman–Crippen LogP) is 3.25. The number of rotatable bonds is 6. The molecule has 5 heteroatoms. The molecule has 1 aliphatic rings. The molecule has 1 fully saturated rings. The summed E-state index contributed by atoms with van der Waals surface area (Å²) >= 11 is 3.35. The minimum absolute atomic E-state index is 0.789. The lowest BCUT2D eigenvalue weighted by atomic mass is 9.95. The van der Waals surface area contributed by atoms with Gasteiger partial charge >= 0.3 is 0 Å². The summed E-state index contributed by atoms with van der Waals surface area (Å²) in [5, 5.41) is 3.67. The van der Waals surface area contributed by atoms with E-state index in [1.807, 2.05) is 18.7 Å². The Kier molecular flexibility index (Phi) is 5.74. The quantitative estimate of drug-likeness (QED) is 0.636. The molecule has 0 bridgehead atoms. The molecule has 0 amide bonds. The fourth-order valence-corrected chi connectivity index (χ4v) is 3.84. The van der Waals surface area contributed by atoms with Crippen LogP contribution >= 0.6 is 23.3 Å². The molecule has 0 aromatic carbocycles. The van der Waals surface area contributed by atoms with Crippen LogP contribution in [0.15, 0.2) is 4.34 Å². The first-order valence-electron chi connectivity index (χ1n) is 6.51. The van der Waals surface area contributed by atoms with Gasteiger partial charge in [-0.05, 0) is 44.3 Å². The molecular weight excluding hydrogens is 250 g/mol. The molecule has 3 nitrogen and oxygen atoms in total. The Morgan fingerprint density at radius 1 is 1.35 bits per heavy atom. The summed E-state index contributed by atoms with van der Waals surface area (Å²) in [6, 6.07) is 0.789. The van der Waals surface area contributed by atoms with E-state index < -0.39 is 0 Å². The van der Waals surface area contributed by atoms with Gasteiger partial charge in [-0.15, -0.1) is 0 Å². The molecule has 0 radical (unpaired) electrons. The Hall–Kier alpha value is -0.130. The SMILES string of the molecule is Cc1nsc(SCCCNC2CCCCC2)n1. The third-order valence-corrected chi connectivity index (χ3v) is 5.10. The molecule has 96 valence electrons. The van der Waals surface area contributed by atoms with Crippen molar-refractivity contribution < 1.29 is 0 Å². The minimum atomic E-state index is 0.789. The first-order chi connectivity index (χ1) is 8.34. The molecule has 1 N–H and O–H groups in total. The molecule has 0 atom stereocenters. The zero-order valence-corrected chi connectivity index (χ0v) is 12.1. The predicted molar refractivity (Wildman–Crippen MR) is 74.9 cm³/mol. The molecule has 1 heterocycles. The number of aryl methyl sites for hydroxylation is 1. The standard InChI is InChI=1S/C12H21N3S2/c1-10-14-12(17-15-10)16-9-5-8-13-11-6-3-2-4-7-11/h11,13H,2-9H2,1H3. The summed E-state index contributed by atoms with van der Waals surface area (Å²) in [7, 11) is 0. The number of hydrogen-bond donors (Lipinski definition) is 1. The number of hydrogen-bond acceptors (Lipinski definition) is 5. The third kappa shape index (κ3) is 4.94. The fraction of sp³-hybridized carbons (Fsp3) is 0.833. The van der Waals surface area contributed by atoms with Crippen LogP contribution in [0.25, 0.3) is 0 Å². The Bertz CT molecular complexity index is 321. The molecule has 0 spiro atoms. The van der Waals surface area contributed by atoms with Crippen LogP contribution in [0.5, 0.6) is 0 Å². The third-order valence-electron chi connectivity index (χ3n) is 3.09. The molecule has 1 aromatic heterocycles. The monoisotopic (exact) mass is 271 g/mol. The number of nitrogens with zero attached hydrogens (tertiary/aromatic N) is 2. The van der Waals surface area contributed by atoms with Gasteiger partial charge in [0.25, 0.3) is 0 Å². The second-order valence-corrected chi connectivity index (χ2v) is 6.69. The van der Waals surface area contributed by atoms with Crippen LogP contribution in [0.4, 0.5) is 0 Å². The van der Waals surface area contributed by atoms with E-state index in [-0.39, 0.29) is 0 Å². The van der Waals surface area contributed by atoms with Crippen LogP contribution in [0.2, 0.25) is 0 Å². The van der Waals surface area contributed by atoms with E-state index in [9.17, 15) is 0 Å². The smallest absolute Gasteiger partial charge is 0.170 e. The van der Waals surface area contributed by atoms with Crippen LogP contribution in [-0.4, -0.2) is 27.7 Å². The van der Waals surface area contributed by atoms with Gasteiger partial charge in [-0.2, -0.15) is 4.37 Å². The van der Waals surface area contributed by atoms with Crippen molar-refractivity contribution in [3.63, 3.8) is 0 Å². The lowest BCUT2D eigenvalue weighted by Gasteiger charge is -2.22. The maximum absolute atomic E-state index is 4.35. The Morgan fingerprint density at radius 3 is 2.88 bits per heavy atom. The zero-order chi connectivity index (χ0) is 11.9. The van der Waals surface area contributed by atoms with E-state index in [1.54, 1.807) is 0 Å². The maximum atomic E-state index is 4.35. The summed E-state index contributed by atoms with van der Waals surface area (Å²) in [5.41, 5.74) is 0. The fourth-order valence-electron chi connectivity index (χ4n) is 2.18. The van der Waals surface area contributed by atoms with Gasteiger partial charge in [-0.1, -0.05) is 31.0 Å². The van der Waals surface area contributed by atoms with Gasteiger partial charge in [-0.25, -0.2) is 4.98 Å². The average Bonchev–Trinajstić information content (AvgIpc) is 2.76. The zero-order valence-electron chi connectivity index (χ0n) is 10.4. The van der Waals surface area contributed by atoms with E-state index in [0.717, 1.165) is 28.5 Å². The summed E-state index contributed by atoms with van der Waals surface area (Å²) < 4.78 is 5.29. The molecule has 1 aromatic rings. The Morgan fingerprint density at radius 2 is 2.18 bits per heavy atom. The number of thioether (sulfide) groups is 1. The van der Waals surface area contributed by atoms with Crippen molar-refractivity contribution in [2.45, 2.75) is 55.8 Å². The Labute approximate surface area is 112 Å². The Balaban J connectivity index is 1.51. The van der Waals surface area contributed by atoms with Crippen LogP contribution < -0.4 is 5.32 Å². The highest BCUT2D eigenvalue weighted by Crippen LogP contribution is 2.20. The second-order valence-electron chi connectivity index (χ2n) is 4.60. The average molecular weight is 271 g/mol. The van der Waals surface area contributed by atoms with Gasteiger partial charge in [0, 0.05) is 11.8 Å². The first kappa shape index (κ1) is 13.3. The van der Waals surface area contributed by atoms with Crippen molar-refractivity contribution in [2.24, 2.45) is 0 Å². The van der Waals surface area contributed by atoms with Crippen molar-refractivity contribution in [1.82, 2.24) is 14.7 Å². The molecule has 1 aliphatic carbocycles. The van der Waals surface area contributed by atoms with Gasteiger partial charge in [0.05, 0.1) is 0 Å². The molecular formula is C12H21N3S2. The minimum Gasteiger partial charge on any atom is -0.314 e. The molecule has 0 aliphatic heterocycles. The van der Waals surface area contributed by atoms with E-state index in [2.05, 4.69) is 14.7 Å². The molecule has 1 saturated carbocycles. The summed E-state index contributed by atoms with van der Waals surface area (Å²) in [5.74, 6) is 2.05. The van der Waals surface area contributed by atoms with Crippen LogP contribution in [0, 0.1) is 6.92 Å². The summed E-state index contributed by atoms with van der Waals surface area (Å²) in [6.07, 6.45) is 8.24. The molecule has 2 rings (SSSR count). The first-order valence-corrected chi connectivity index (χ1v) is 8.27. The number of nitrogens with one attached hydrogen (secondary N) is 1. The molecule has 0 saturated heterocycles. The summed E-state index contributed by atoms with van der Waals surface area (Å²) in [6.45, 7) is 3.10. The van der Waals surface area contributed by atoms with Crippen molar-refractivity contribution in [2.75, 3.05) is 12.3 Å². The van der Waals surface area contributed by atoms with Crippen molar-refractivity contribution >= 4 is 23.3 Å². The normalized spacial score (nSPS) is 17.5. The highest BCUT2D eigenvalue weighted by Gasteiger charge is 2.11. The second kappa shape index (κ2) is 7.34. The highest BCUT2D eigenvalue weighted by atomic mass is 32.2. The van der Waals surface area contributed by atoms with E-state index in [0.29, 0.717) is 0 Å². The maximum Gasteiger partial charge on any atom is 0.170 e.